The van der Waals surface area contributed by atoms with Crippen LogP contribution in [-0.2, 0) is 4.79 Å². The van der Waals surface area contributed by atoms with E-state index in [1.807, 2.05) is 60.7 Å². The molecule has 2 aromatic carbocycles. The van der Waals surface area contributed by atoms with Crippen molar-refractivity contribution >= 4 is 38.7 Å². The second kappa shape index (κ2) is 8.05. The quantitative estimate of drug-likeness (QED) is 0.692. The predicted molar refractivity (Wildman–Crippen MR) is 105 cm³/mol. The van der Waals surface area contributed by atoms with Gasteiger partial charge in [0.1, 0.15) is 0 Å². The number of hydrogen-bond donors (Lipinski definition) is 1. The van der Waals surface area contributed by atoms with Crippen molar-refractivity contribution in [2.45, 2.75) is 0 Å². The molecule has 1 amide bonds. The van der Waals surface area contributed by atoms with E-state index in [1.54, 1.807) is 22.3 Å². The molecule has 0 radical (unpaired) electrons. The number of thiazole rings is 1. The Bertz CT molecular complexity index is 838. The Hall–Kier alpha value is -2.50. The summed E-state index contributed by atoms with van der Waals surface area (Å²) in [6.45, 7) is 1.50. The lowest BCUT2D eigenvalue weighted by molar-refractivity contribution is -0.856. The van der Waals surface area contributed by atoms with E-state index in [-0.39, 0.29) is 5.91 Å². The van der Waals surface area contributed by atoms with Crippen molar-refractivity contribution < 1.29 is 9.69 Å². The first-order chi connectivity index (χ1) is 12.1. The van der Waals surface area contributed by atoms with Gasteiger partial charge in [0.15, 0.2) is 5.13 Å². The van der Waals surface area contributed by atoms with E-state index in [0.717, 1.165) is 27.5 Å². The number of aromatic nitrogens is 1. The predicted octanol–water partition coefficient (Wildman–Crippen LogP) is 2.49. The molecule has 128 valence electrons. The Kier molecular flexibility index (Phi) is 5.58. The second-order valence-electron chi connectivity index (χ2n) is 6.16. The van der Waals surface area contributed by atoms with Crippen LogP contribution < -0.4 is 9.80 Å². The van der Waals surface area contributed by atoms with Gasteiger partial charge in [-0.15, -0.1) is 0 Å². The minimum absolute atomic E-state index is 0.0378. The number of likely N-dealkylation sites (N-methyl/N-ethyl adjacent to an activating group) is 1. The van der Waals surface area contributed by atoms with Crippen molar-refractivity contribution in [2.24, 2.45) is 0 Å². The molecule has 1 heterocycles. The number of fused-ring (bicyclic) bond motifs is 1. The summed E-state index contributed by atoms with van der Waals surface area (Å²) in [6.07, 6.45) is 3.48. The highest BCUT2D eigenvalue weighted by molar-refractivity contribution is 7.22. The maximum Gasteiger partial charge on any atom is 0.252 e. The average molecular weight is 352 g/mol. The highest BCUT2D eigenvalue weighted by Gasteiger charge is 2.18. The third-order valence-corrected chi connectivity index (χ3v) is 4.89. The Morgan fingerprint density at radius 3 is 2.56 bits per heavy atom. The monoisotopic (exact) mass is 352 g/mol. The molecule has 0 atom stereocenters. The first-order valence-electron chi connectivity index (χ1n) is 8.33. The molecule has 0 saturated carbocycles. The third-order valence-electron chi connectivity index (χ3n) is 3.83. The number of amides is 1. The van der Waals surface area contributed by atoms with Gasteiger partial charge in [0.2, 0.25) is 0 Å². The summed E-state index contributed by atoms with van der Waals surface area (Å²) in [5.74, 6) is -0.0378. The van der Waals surface area contributed by atoms with Crippen LogP contribution in [0.25, 0.3) is 16.3 Å². The summed E-state index contributed by atoms with van der Waals surface area (Å²) in [5.41, 5.74) is 1.95. The fourth-order valence-electron chi connectivity index (χ4n) is 2.43. The van der Waals surface area contributed by atoms with Crippen molar-refractivity contribution in [3.63, 3.8) is 0 Å². The molecule has 1 aromatic heterocycles. The Balaban J connectivity index is 1.85. The third kappa shape index (κ3) is 4.53. The Labute approximate surface area is 152 Å². The lowest BCUT2D eigenvalue weighted by atomic mass is 10.2. The summed E-state index contributed by atoms with van der Waals surface area (Å²) >= 11 is 1.56. The van der Waals surface area contributed by atoms with E-state index in [4.69, 9.17) is 0 Å². The molecule has 0 spiro atoms. The number of hydrogen-bond acceptors (Lipinski definition) is 3. The van der Waals surface area contributed by atoms with Gasteiger partial charge in [0.25, 0.3) is 5.91 Å². The van der Waals surface area contributed by atoms with Crippen molar-refractivity contribution in [3.8, 4) is 0 Å². The zero-order valence-electron chi connectivity index (χ0n) is 14.5. The number of anilines is 1. The molecular weight excluding hydrogens is 330 g/mol. The normalized spacial score (nSPS) is 11.5. The summed E-state index contributed by atoms with van der Waals surface area (Å²) in [5, 5.41) is 0.755. The standard InChI is InChI=1S/C20H21N3OS/c1-22(2)14-15-23(19(24)13-12-16-8-4-3-5-9-16)20-21-17-10-6-7-11-18(17)25-20/h3-13H,14-15H2,1-2H3/p+1/b13-12+. The summed E-state index contributed by atoms with van der Waals surface area (Å²) in [4.78, 5) is 20.5. The minimum Gasteiger partial charge on any atom is -0.338 e. The Morgan fingerprint density at radius 1 is 1.12 bits per heavy atom. The van der Waals surface area contributed by atoms with Gasteiger partial charge in [0.05, 0.1) is 37.4 Å². The Morgan fingerprint density at radius 2 is 1.84 bits per heavy atom. The van der Waals surface area contributed by atoms with Crippen molar-refractivity contribution in [1.29, 1.82) is 0 Å². The molecular formula is C20H22N3OS+. The smallest absolute Gasteiger partial charge is 0.252 e. The topological polar surface area (TPSA) is 37.6 Å². The number of quaternary nitrogens is 1. The van der Waals surface area contributed by atoms with Crippen molar-refractivity contribution in [2.75, 3.05) is 32.1 Å². The van der Waals surface area contributed by atoms with Crippen LogP contribution in [-0.4, -0.2) is 38.1 Å². The zero-order chi connectivity index (χ0) is 17.6. The number of nitrogens with zero attached hydrogens (tertiary/aromatic N) is 2. The molecule has 0 saturated heterocycles. The van der Waals surface area contributed by atoms with Crippen LogP contribution in [0, 0.1) is 0 Å². The summed E-state index contributed by atoms with van der Waals surface area (Å²) in [7, 11) is 4.17. The molecule has 25 heavy (non-hydrogen) atoms. The largest absolute Gasteiger partial charge is 0.338 e. The molecule has 3 rings (SSSR count). The van der Waals surface area contributed by atoms with E-state index in [0.29, 0.717) is 6.54 Å². The SMILES string of the molecule is C[NH+](C)CCN(C(=O)/C=C/c1ccccc1)c1nc2ccccc2s1. The average Bonchev–Trinajstić information content (AvgIpc) is 3.04. The fraction of sp³-hybridized carbons (Fsp3) is 0.200. The first kappa shape index (κ1) is 17.3. The van der Waals surface area contributed by atoms with Crippen molar-refractivity contribution in [1.82, 2.24) is 4.98 Å². The van der Waals surface area contributed by atoms with Gasteiger partial charge in [0, 0.05) is 6.08 Å². The number of nitrogens with one attached hydrogen (secondary N) is 1. The molecule has 0 fully saturated rings. The second-order valence-corrected chi connectivity index (χ2v) is 7.16. The first-order valence-corrected chi connectivity index (χ1v) is 9.14. The van der Waals surface area contributed by atoms with E-state index in [2.05, 4.69) is 19.1 Å². The van der Waals surface area contributed by atoms with Gasteiger partial charge in [-0.2, -0.15) is 0 Å². The van der Waals surface area contributed by atoms with Crippen LogP contribution in [0.3, 0.4) is 0 Å². The minimum atomic E-state index is -0.0378. The maximum atomic E-state index is 12.8. The molecule has 4 nitrogen and oxygen atoms in total. The van der Waals surface area contributed by atoms with Crippen LogP contribution in [0.2, 0.25) is 0 Å². The highest BCUT2D eigenvalue weighted by atomic mass is 32.1. The lowest BCUT2D eigenvalue weighted by Gasteiger charge is -2.19. The molecule has 0 aliphatic heterocycles. The van der Waals surface area contributed by atoms with Gasteiger partial charge in [-0.3, -0.25) is 9.69 Å². The molecule has 3 aromatic rings. The van der Waals surface area contributed by atoms with Gasteiger partial charge < -0.3 is 4.90 Å². The molecule has 0 bridgehead atoms. The number of rotatable bonds is 6. The van der Waals surface area contributed by atoms with E-state index in [1.165, 1.54) is 4.90 Å². The van der Waals surface area contributed by atoms with Gasteiger partial charge in [-0.1, -0.05) is 53.8 Å². The number of carbonyl (C=O) groups is 1. The lowest BCUT2D eigenvalue weighted by Crippen LogP contribution is -3.06. The van der Waals surface area contributed by atoms with Crippen LogP contribution in [0.1, 0.15) is 5.56 Å². The number of benzene rings is 2. The molecule has 0 aliphatic carbocycles. The molecule has 0 aliphatic rings. The van der Waals surface area contributed by atoms with Crippen LogP contribution in [0.5, 0.6) is 0 Å². The molecule has 5 heteroatoms. The summed E-state index contributed by atoms with van der Waals surface area (Å²) < 4.78 is 1.10. The summed E-state index contributed by atoms with van der Waals surface area (Å²) in [6, 6.07) is 17.8. The fourth-order valence-corrected chi connectivity index (χ4v) is 3.43. The maximum absolute atomic E-state index is 12.8. The molecule has 0 unspecified atom stereocenters. The van der Waals surface area contributed by atoms with Crippen LogP contribution in [0.15, 0.2) is 60.7 Å². The zero-order valence-corrected chi connectivity index (χ0v) is 15.3. The van der Waals surface area contributed by atoms with E-state index in [9.17, 15) is 4.79 Å². The van der Waals surface area contributed by atoms with E-state index >= 15 is 0 Å². The molecule has 1 N–H and O–H groups in total. The van der Waals surface area contributed by atoms with Gasteiger partial charge >= 0.3 is 0 Å². The number of para-hydroxylation sites is 1. The van der Waals surface area contributed by atoms with E-state index < -0.39 is 0 Å². The van der Waals surface area contributed by atoms with Gasteiger partial charge in [-0.05, 0) is 23.8 Å². The highest BCUT2D eigenvalue weighted by Crippen LogP contribution is 2.28. The van der Waals surface area contributed by atoms with Crippen LogP contribution >= 0.6 is 11.3 Å². The van der Waals surface area contributed by atoms with Gasteiger partial charge in [-0.25, -0.2) is 4.98 Å². The van der Waals surface area contributed by atoms with Crippen molar-refractivity contribution in [3.05, 3.63) is 66.2 Å². The van der Waals surface area contributed by atoms with Crippen LogP contribution in [0.4, 0.5) is 5.13 Å². The number of carbonyl (C=O) groups excluding carboxylic acids is 1.